The van der Waals surface area contributed by atoms with Gasteiger partial charge in [-0.25, -0.2) is 0 Å². The Hall–Kier alpha value is -2.35. The first-order chi connectivity index (χ1) is 18.6. The SMILES string of the molecule is CCC(C)(OC(=O)C1C2CC3C(OC(=O)C31)C2OC(=O)CCC(=O)OC(C)C(F)(F)S(=O)(=O)O)C1CCCCC1. The molecule has 1 heterocycles. The normalized spacial score (nSPS) is 32.2. The minimum absolute atomic E-state index is 0.214. The van der Waals surface area contributed by atoms with Crippen LogP contribution in [0, 0.1) is 29.6 Å². The van der Waals surface area contributed by atoms with E-state index in [2.05, 4.69) is 4.74 Å². The topological polar surface area (TPSA) is 160 Å². The molecule has 0 amide bonds. The van der Waals surface area contributed by atoms with Crippen molar-refractivity contribution in [1.82, 2.24) is 0 Å². The lowest BCUT2D eigenvalue weighted by molar-refractivity contribution is -0.180. The van der Waals surface area contributed by atoms with Gasteiger partial charge in [0.25, 0.3) is 0 Å². The zero-order valence-corrected chi connectivity index (χ0v) is 23.5. The first kappa shape index (κ1) is 30.6. The summed E-state index contributed by atoms with van der Waals surface area (Å²) in [5, 5.41) is -4.73. The summed E-state index contributed by atoms with van der Waals surface area (Å²) in [6, 6.07) is 0. The summed E-state index contributed by atoms with van der Waals surface area (Å²) >= 11 is 0. The van der Waals surface area contributed by atoms with Gasteiger partial charge in [-0.15, -0.1) is 0 Å². The maximum Gasteiger partial charge on any atom is 0.405 e. The van der Waals surface area contributed by atoms with Crippen molar-refractivity contribution in [3.63, 3.8) is 0 Å². The van der Waals surface area contributed by atoms with Crippen LogP contribution in [0.1, 0.15) is 78.6 Å². The maximum atomic E-state index is 13.6. The third-order valence-corrected chi connectivity index (χ3v) is 10.3. The standard InChI is InChI=1S/C26H36F2O11S/c1-4-25(3,14-8-6-5-7-9-14)39-24(32)20-16-12-15-19(20)23(31)38-22(15)21(16)37-18(30)11-10-17(29)36-13(2)26(27,28)40(33,34)35/h13-16,19-22H,4-12H2,1-3H3,(H,33,34,35). The molecule has 3 saturated carbocycles. The Morgan fingerprint density at radius 1 is 1.10 bits per heavy atom. The van der Waals surface area contributed by atoms with Crippen LogP contribution in [0.15, 0.2) is 0 Å². The number of halogens is 2. The molecular formula is C26H36F2O11S. The Balaban J connectivity index is 1.37. The largest absolute Gasteiger partial charge is 0.459 e. The smallest absolute Gasteiger partial charge is 0.405 e. The van der Waals surface area contributed by atoms with Crippen LogP contribution >= 0.6 is 0 Å². The molecule has 1 aliphatic heterocycles. The van der Waals surface area contributed by atoms with Crippen molar-refractivity contribution in [1.29, 1.82) is 0 Å². The molecule has 1 N–H and O–H groups in total. The van der Waals surface area contributed by atoms with E-state index in [1.807, 2.05) is 13.8 Å². The van der Waals surface area contributed by atoms with Gasteiger partial charge < -0.3 is 18.9 Å². The van der Waals surface area contributed by atoms with Gasteiger partial charge >= 0.3 is 39.2 Å². The van der Waals surface area contributed by atoms with Crippen LogP contribution in [-0.2, 0) is 48.2 Å². The van der Waals surface area contributed by atoms with E-state index in [0.29, 0.717) is 19.8 Å². The summed E-state index contributed by atoms with van der Waals surface area (Å²) in [5.74, 6) is -5.39. The second kappa shape index (κ2) is 11.1. The molecular weight excluding hydrogens is 558 g/mol. The number of esters is 4. The predicted octanol–water partition coefficient (Wildman–Crippen LogP) is 3.19. The van der Waals surface area contributed by atoms with E-state index in [-0.39, 0.29) is 11.8 Å². The van der Waals surface area contributed by atoms with Crippen LogP contribution in [0.3, 0.4) is 0 Å². The number of fused-ring (bicyclic) bond motifs is 1. The third-order valence-electron chi connectivity index (χ3n) is 9.25. The van der Waals surface area contributed by atoms with Crippen molar-refractivity contribution in [3.8, 4) is 0 Å². The van der Waals surface area contributed by atoms with Crippen LogP contribution in [0.5, 0.6) is 0 Å². The molecule has 8 unspecified atom stereocenters. The Bertz CT molecular complexity index is 1140. The minimum atomic E-state index is -5.82. The molecule has 8 atom stereocenters. The van der Waals surface area contributed by atoms with Gasteiger partial charge in [0, 0.05) is 11.8 Å². The monoisotopic (exact) mass is 594 g/mol. The summed E-state index contributed by atoms with van der Waals surface area (Å²) < 4.78 is 78.9. The third kappa shape index (κ3) is 5.57. The molecule has 0 aromatic heterocycles. The van der Waals surface area contributed by atoms with Gasteiger partial charge in [0.15, 0.2) is 6.10 Å². The highest BCUT2D eigenvalue weighted by atomic mass is 32.2. The van der Waals surface area contributed by atoms with Crippen molar-refractivity contribution < 1.29 is 59.9 Å². The van der Waals surface area contributed by atoms with Gasteiger partial charge in [-0.3, -0.25) is 23.7 Å². The predicted molar refractivity (Wildman–Crippen MR) is 131 cm³/mol. The molecule has 0 radical (unpaired) electrons. The zero-order valence-electron chi connectivity index (χ0n) is 22.7. The summed E-state index contributed by atoms with van der Waals surface area (Å²) in [6.45, 7) is 4.47. The number of hydrogen-bond acceptors (Lipinski definition) is 10. The molecule has 4 fully saturated rings. The minimum Gasteiger partial charge on any atom is -0.459 e. The molecule has 0 aromatic rings. The summed E-state index contributed by atoms with van der Waals surface area (Å²) in [5.41, 5.74) is -0.683. The first-order valence-electron chi connectivity index (χ1n) is 13.8. The Labute approximate surface area is 231 Å². The fraction of sp³-hybridized carbons (Fsp3) is 0.846. The van der Waals surface area contributed by atoms with Crippen LogP contribution in [0.2, 0.25) is 0 Å². The van der Waals surface area contributed by atoms with E-state index in [1.165, 1.54) is 0 Å². The quantitative estimate of drug-likeness (QED) is 0.213. The molecule has 2 bridgehead atoms. The lowest BCUT2D eigenvalue weighted by Crippen LogP contribution is -2.47. The Morgan fingerprint density at radius 3 is 2.33 bits per heavy atom. The van der Waals surface area contributed by atoms with Crippen molar-refractivity contribution in [2.75, 3.05) is 0 Å². The lowest BCUT2D eigenvalue weighted by atomic mass is 9.75. The first-order valence-corrected chi connectivity index (χ1v) is 15.2. The van der Waals surface area contributed by atoms with Crippen LogP contribution in [0.4, 0.5) is 8.78 Å². The maximum absolute atomic E-state index is 13.6. The van der Waals surface area contributed by atoms with E-state index >= 15 is 0 Å². The number of hydrogen-bond donors (Lipinski definition) is 1. The lowest BCUT2D eigenvalue weighted by Gasteiger charge is -2.40. The van der Waals surface area contributed by atoms with E-state index in [0.717, 1.165) is 32.1 Å². The Morgan fingerprint density at radius 2 is 1.73 bits per heavy atom. The zero-order chi connectivity index (χ0) is 29.6. The van der Waals surface area contributed by atoms with Gasteiger partial charge in [-0.2, -0.15) is 17.2 Å². The average Bonchev–Trinajstić information content (AvgIpc) is 3.51. The number of ether oxygens (including phenoxy) is 4. The van der Waals surface area contributed by atoms with Crippen molar-refractivity contribution in [2.24, 2.45) is 29.6 Å². The number of carbonyl (C=O) groups excluding carboxylic acids is 4. The second-order valence-corrected chi connectivity index (χ2v) is 13.1. The number of rotatable bonds is 11. The van der Waals surface area contributed by atoms with E-state index in [4.69, 9.17) is 18.8 Å². The fourth-order valence-electron chi connectivity index (χ4n) is 6.87. The van der Waals surface area contributed by atoms with Gasteiger partial charge in [0.1, 0.15) is 17.8 Å². The average molecular weight is 595 g/mol. The molecule has 4 rings (SSSR count). The molecule has 4 aliphatic rings. The number of carbonyl (C=O) groups is 4. The van der Waals surface area contributed by atoms with Crippen LogP contribution in [-0.4, -0.2) is 66.0 Å². The van der Waals surface area contributed by atoms with Gasteiger partial charge in [0.2, 0.25) is 0 Å². The molecule has 0 spiro atoms. The molecule has 1 saturated heterocycles. The van der Waals surface area contributed by atoms with Crippen LogP contribution < -0.4 is 0 Å². The van der Waals surface area contributed by atoms with Crippen molar-refractivity contribution in [2.45, 2.75) is 108 Å². The molecule has 0 aromatic carbocycles. The van der Waals surface area contributed by atoms with Crippen molar-refractivity contribution in [3.05, 3.63) is 0 Å². The van der Waals surface area contributed by atoms with Crippen molar-refractivity contribution >= 4 is 34.0 Å². The molecule has 11 nitrogen and oxygen atoms in total. The second-order valence-electron chi connectivity index (χ2n) is 11.6. The highest BCUT2D eigenvalue weighted by Crippen LogP contribution is 2.59. The van der Waals surface area contributed by atoms with Gasteiger partial charge in [-0.05, 0) is 45.4 Å². The molecule has 14 heteroatoms. The highest BCUT2D eigenvalue weighted by molar-refractivity contribution is 7.86. The summed E-state index contributed by atoms with van der Waals surface area (Å²) in [6.07, 6.45) is 0.769. The van der Waals surface area contributed by atoms with E-state index < -0.39 is 93.8 Å². The number of alkyl halides is 2. The van der Waals surface area contributed by atoms with E-state index in [1.54, 1.807) is 0 Å². The molecule has 3 aliphatic carbocycles. The summed E-state index contributed by atoms with van der Waals surface area (Å²) in [4.78, 5) is 50.7. The highest BCUT2D eigenvalue weighted by Gasteiger charge is 2.70. The Kier molecular flexibility index (Phi) is 8.53. The van der Waals surface area contributed by atoms with Gasteiger partial charge in [-0.1, -0.05) is 26.2 Å². The summed E-state index contributed by atoms with van der Waals surface area (Å²) in [7, 11) is -5.82. The molecule has 226 valence electrons. The van der Waals surface area contributed by atoms with Gasteiger partial charge in [0.05, 0.1) is 24.7 Å². The van der Waals surface area contributed by atoms with Crippen LogP contribution in [0.25, 0.3) is 0 Å². The fourth-order valence-corrected chi connectivity index (χ4v) is 7.34. The molecule has 40 heavy (non-hydrogen) atoms. The van der Waals surface area contributed by atoms with E-state index in [9.17, 15) is 36.4 Å².